The van der Waals surface area contributed by atoms with Gasteiger partial charge in [0.05, 0.1) is 0 Å². The molecule has 2 heteroatoms. The van der Waals surface area contributed by atoms with Crippen LogP contribution in [0.3, 0.4) is 0 Å². The monoisotopic (exact) mass is 335 g/mol. The zero-order chi connectivity index (χ0) is 19.5. The summed E-state index contributed by atoms with van der Waals surface area (Å²) < 4.78 is 0. The minimum atomic E-state index is -0.369. The summed E-state index contributed by atoms with van der Waals surface area (Å²) in [7, 11) is 0. The molecule has 1 amide bonds. The molecule has 0 heterocycles. The predicted molar refractivity (Wildman–Crippen MR) is 111 cm³/mol. The Morgan fingerprint density at radius 2 is 1.12 bits per heavy atom. The first-order valence-corrected chi connectivity index (χ1v) is 9.46. The van der Waals surface area contributed by atoms with Crippen molar-refractivity contribution in [2.45, 2.75) is 88.0 Å². The Labute approximate surface area is 151 Å². The van der Waals surface area contributed by atoms with Crippen LogP contribution in [0.1, 0.15) is 88.0 Å². The van der Waals surface area contributed by atoms with Crippen LogP contribution >= 0.6 is 0 Å². The Morgan fingerprint density at radius 1 is 0.750 bits per heavy atom. The summed E-state index contributed by atoms with van der Waals surface area (Å²) in [5, 5.41) is 0. The summed E-state index contributed by atoms with van der Waals surface area (Å²) >= 11 is 0. The van der Waals surface area contributed by atoms with Gasteiger partial charge in [0.15, 0.2) is 0 Å². The van der Waals surface area contributed by atoms with E-state index in [-0.39, 0.29) is 5.91 Å². The highest BCUT2D eigenvalue weighted by molar-refractivity contribution is 5.91. The van der Waals surface area contributed by atoms with E-state index in [0.29, 0.717) is 5.57 Å². The third-order valence-electron chi connectivity index (χ3n) is 3.22. The molecule has 0 rings (SSSR count). The van der Waals surface area contributed by atoms with E-state index in [2.05, 4.69) is 39.8 Å². The standard InChI is InChI=1S/C18H29NO.2C2H6/c1-6-8-10-14(3)17(15(4)11-9-7-2)13-12-16(5)18(19)20;2*1-2/h10-13H,6-9H2,1-5H3,(H2,19,20);2*1-2H3/b14-10-,15-11+,16-12+,17-13+;;. The highest BCUT2D eigenvalue weighted by atomic mass is 16.1. The van der Waals surface area contributed by atoms with Crippen LogP contribution in [-0.2, 0) is 4.79 Å². The highest BCUT2D eigenvalue weighted by Crippen LogP contribution is 2.21. The molecule has 0 fully saturated rings. The molecule has 0 saturated carbocycles. The number of rotatable bonds is 8. The van der Waals surface area contributed by atoms with Crippen LogP contribution in [0.25, 0.3) is 0 Å². The van der Waals surface area contributed by atoms with Gasteiger partial charge in [0.25, 0.3) is 0 Å². The summed E-state index contributed by atoms with van der Waals surface area (Å²) in [6.45, 7) is 18.3. The maximum atomic E-state index is 11.1. The van der Waals surface area contributed by atoms with Gasteiger partial charge in [-0.3, -0.25) is 4.79 Å². The van der Waals surface area contributed by atoms with Crippen molar-refractivity contribution in [1.29, 1.82) is 0 Å². The fourth-order valence-corrected chi connectivity index (χ4v) is 1.81. The minimum Gasteiger partial charge on any atom is -0.366 e. The number of hydrogen-bond acceptors (Lipinski definition) is 1. The average Bonchev–Trinajstić information content (AvgIpc) is 2.61. The molecule has 0 bridgehead atoms. The zero-order valence-electron chi connectivity index (χ0n) is 17.6. The molecule has 0 aromatic heterocycles. The number of amides is 1. The van der Waals surface area contributed by atoms with E-state index >= 15 is 0 Å². The SMILES string of the molecule is CC.CC.CCC\C=C(C)/C(=C\C=C(/C)C(N)=O)C(/C)=C/CCC. The van der Waals surface area contributed by atoms with Crippen molar-refractivity contribution >= 4 is 5.91 Å². The van der Waals surface area contributed by atoms with Gasteiger partial charge >= 0.3 is 0 Å². The second-order valence-electron chi connectivity index (χ2n) is 5.15. The Bertz CT molecular complexity index is 413. The largest absolute Gasteiger partial charge is 0.366 e. The molecule has 0 aliphatic carbocycles. The summed E-state index contributed by atoms with van der Waals surface area (Å²) in [5.41, 5.74) is 9.54. The molecule has 0 radical (unpaired) electrons. The van der Waals surface area contributed by atoms with Gasteiger partial charge in [0.2, 0.25) is 5.91 Å². The number of carbonyl (C=O) groups is 1. The molecule has 0 spiro atoms. The van der Waals surface area contributed by atoms with Gasteiger partial charge in [0.1, 0.15) is 0 Å². The van der Waals surface area contributed by atoms with Crippen molar-refractivity contribution in [1.82, 2.24) is 0 Å². The van der Waals surface area contributed by atoms with Crippen molar-refractivity contribution in [2.24, 2.45) is 5.73 Å². The molecule has 2 N–H and O–H groups in total. The van der Waals surface area contributed by atoms with E-state index in [1.165, 1.54) is 16.7 Å². The Morgan fingerprint density at radius 3 is 1.42 bits per heavy atom. The summed E-state index contributed by atoms with van der Waals surface area (Å²) in [5.74, 6) is -0.369. The van der Waals surface area contributed by atoms with Gasteiger partial charge in [-0.05, 0) is 50.3 Å². The Hall–Kier alpha value is -1.57. The Balaban J connectivity index is -0.00000102. The summed E-state index contributed by atoms with van der Waals surface area (Å²) in [6, 6.07) is 0. The average molecular weight is 336 g/mol. The number of allylic oxidation sites excluding steroid dienone is 7. The molecule has 0 atom stereocenters. The predicted octanol–water partition coefficient (Wildman–Crippen LogP) is 6.89. The van der Waals surface area contributed by atoms with Crippen molar-refractivity contribution in [3.8, 4) is 0 Å². The molecular formula is C22H41NO. The van der Waals surface area contributed by atoms with E-state index in [1.54, 1.807) is 6.92 Å². The lowest BCUT2D eigenvalue weighted by molar-refractivity contribution is -0.114. The summed E-state index contributed by atoms with van der Waals surface area (Å²) in [6.07, 6.45) is 12.7. The molecule has 0 aliphatic rings. The normalized spacial score (nSPS) is 12.7. The van der Waals surface area contributed by atoms with Crippen molar-refractivity contribution in [3.63, 3.8) is 0 Å². The maximum absolute atomic E-state index is 11.1. The van der Waals surface area contributed by atoms with Gasteiger partial charge in [0, 0.05) is 5.57 Å². The quantitative estimate of drug-likeness (QED) is 0.381. The second-order valence-corrected chi connectivity index (χ2v) is 5.15. The van der Waals surface area contributed by atoms with Crippen LogP contribution in [-0.4, -0.2) is 5.91 Å². The lowest BCUT2D eigenvalue weighted by Gasteiger charge is -2.09. The Kier molecular flexibility index (Phi) is 22.1. The van der Waals surface area contributed by atoms with Gasteiger partial charge < -0.3 is 5.73 Å². The van der Waals surface area contributed by atoms with E-state index in [1.807, 2.05) is 39.8 Å². The lowest BCUT2D eigenvalue weighted by atomic mass is 9.97. The molecular weight excluding hydrogens is 294 g/mol. The first kappa shape index (κ1) is 27.3. The second kappa shape index (κ2) is 19.5. The molecule has 0 saturated heterocycles. The molecule has 0 aliphatic heterocycles. The molecule has 140 valence electrons. The molecule has 24 heavy (non-hydrogen) atoms. The van der Waals surface area contributed by atoms with Crippen molar-refractivity contribution in [2.75, 3.05) is 0 Å². The number of unbranched alkanes of at least 4 members (excludes halogenated alkanes) is 2. The first-order valence-electron chi connectivity index (χ1n) is 9.46. The van der Waals surface area contributed by atoms with E-state index < -0.39 is 0 Å². The first-order chi connectivity index (χ1) is 11.4. The third-order valence-corrected chi connectivity index (χ3v) is 3.22. The number of primary amides is 1. The van der Waals surface area contributed by atoms with Gasteiger partial charge in [-0.15, -0.1) is 0 Å². The van der Waals surface area contributed by atoms with Gasteiger partial charge in [-0.25, -0.2) is 0 Å². The van der Waals surface area contributed by atoms with Crippen molar-refractivity contribution in [3.05, 3.63) is 46.6 Å². The van der Waals surface area contributed by atoms with Gasteiger partial charge in [-0.1, -0.05) is 78.7 Å². The number of carbonyl (C=O) groups excluding carboxylic acids is 1. The molecule has 2 nitrogen and oxygen atoms in total. The molecule has 0 unspecified atom stereocenters. The van der Waals surface area contributed by atoms with E-state index in [4.69, 9.17) is 5.73 Å². The molecule has 0 aromatic carbocycles. The van der Waals surface area contributed by atoms with Crippen LogP contribution in [0.15, 0.2) is 46.6 Å². The maximum Gasteiger partial charge on any atom is 0.244 e. The fourth-order valence-electron chi connectivity index (χ4n) is 1.81. The smallest absolute Gasteiger partial charge is 0.244 e. The third kappa shape index (κ3) is 14.0. The van der Waals surface area contributed by atoms with Crippen LogP contribution < -0.4 is 5.73 Å². The highest BCUT2D eigenvalue weighted by Gasteiger charge is 2.03. The van der Waals surface area contributed by atoms with Gasteiger partial charge in [-0.2, -0.15) is 0 Å². The minimum absolute atomic E-state index is 0.369. The lowest BCUT2D eigenvalue weighted by Crippen LogP contribution is -2.11. The summed E-state index contributed by atoms with van der Waals surface area (Å²) in [4.78, 5) is 11.1. The van der Waals surface area contributed by atoms with E-state index in [0.717, 1.165) is 25.7 Å². The van der Waals surface area contributed by atoms with Crippen LogP contribution in [0.5, 0.6) is 0 Å². The van der Waals surface area contributed by atoms with Crippen LogP contribution in [0, 0.1) is 0 Å². The molecule has 0 aromatic rings. The van der Waals surface area contributed by atoms with E-state index in [9.17, 15) is 4.79 Å². The zero-order valence-corrected chi connectivity index (χ0v) is 17.6. The number of hydrogen-bond donors (Lipinski definition) is 1. The van der Waals surface area contributed by atoms with Crippen LogP contribution in [0.2, 0.25) is 0 Å². The number of nitrogens with two attached hydrogens (primary N) is 1. The fraction of sp³-hybridized carbons (Fsp3) is 0.591. The van der Waals surface area contributed by atoms with Crippen LogP contribution in [0.4, 0.5) is 0 Å². The topological polar surface area (TPSA) is 43.1 Å². The van der Waals surface area contributed by atoms with Crippen molar-refractivity contribution < 1.29 is 4.79 Å².